The summed E-state index contributed by atoms with van der Waals surface area (Å²) in [7, 11) is 0. The van der Waals surface area contributed by atoms with E-state index >= 15 is 0 Å². The molecule has 0 aromatic carbocycles. The van der Waals surface area contributed by atoms with Crippen molar-refractivity contribution in [2.45, 2.75) is 38.5 Å². The first-order chi connectivity index (χ1) is 15.9. The lowest BCUT2D eigenvalue weighted by Crippen LogP contribution is -2.27. The maximum Gasteiger partial charge on any atom is 0.429 e. The predicted octanol–water partition coefficient (Wildman–Crippen LogP) is 3.72. The zero-order chi connectivity index (χ0) is 23.0. The fourth-order valence-corrected chi connectivity index (χ4v) is 4.30. The van der Waals surface area contributed by atoms with E-state index in [0.29, 0.717) is 34.9 Å². The highest BCUT2D eigenvalue weighted by Crippen LogP contribution is 2.30. The predicted molar refractivity (Wildman–Crippen MR) is 120 cm³/mol. The number of hydrogen-bond acceptors (Lipinski definition) is 7. The topological polar surface area (TPSA) is 84.1 Å². The van der Waals surface area contributed by atoms with Crippen LogP contribution in [0.5, 0.6) is 0 Å². The van der Waals surface area contributed by atoms with Crippen LogP contribution in [-0.2, 0) is 6.54 Å². The van der Waals surface area contributed by atoms with Crippen LogP contribution in [0, 0.1) is 0 Å². The monoisotopic (exact) mass is 456 g/mol. The number of nitrogens with one attached hydrogen (secondary N) is 1. The van der Waals surface area contributed by atoms with Gasteiger partial charge in [0.2, 0.25) is 0 Å². The Kier molecular flexibility index (Phi) is 5.47. The highest BCUT2D eigenvalue weighted by atomic mass is 19.4. The smallest absolute Gasteiger partial charge is 0.364 e. The molecule has 1 saturated heterocycles. The van der Waals surface area contributed by atoms with Crippen molar-refractivity contribution >= 4 is 34.1 Å². The molecule has 33 heavy (non-hydrogen) atoms. The van der Waals surface area contributed by atoms with Gasteiger partial charge in [0, 0.05) is 43.9 Å². The van der Waals surface area contributed by atoms with Crippen molar-refractivity contribution < 1.29 is 13.2 Å². The first kappa shape index (κ1) is 21.4. The minimum atomic E-state index is -4.40. The molecule has 172 valence electrons. The van der Waals surface area contributed by atoms with Crippen LogP contribution < -0.4 is 10.2 Å². The van der Waals surface area contributed by atoms with E-state index in [-0.39, 0.29) is 19.0 Å². The molecule has 3 aromatic rings. The second-order valence-corrected chi connectivity index (χ2v) is 8.03. The molecule has 1 fully saturated rings. The second kappa shape index (κ2) is 8.45. The molecule has 8 nitrogen and oxygen atoms in total. The average molecular weight is 456 g/mol. The fraction of sp³-hybridized carbons (Fsp3) is 0.409. The molecule has 1 unspecified atom stereocenters. The van der Waals surface area contributed by atoms with Crippen molar-refractivity contribution in [1.29, 1.82) is 0 Å². The van der Waals surface area contributed by atoms with E-state index < -0.39 is 11.9 Å². The molecular formula is C22H23F3N8. The Balaban J connectivity index is 1.39. The average Bonchev–Trinajstić information content (AvgIpc) is 3.44. The van der Waals surface area contributed by atoms with Crippen molar-refractivity contribution in [3.05, 3.63) is 42.6 Å². The van der Waals surface area contributed by atoms with E-state index in [1.807, 2.05) is 29.7 Å². The normalized spacial score (nSPS) is 19.0. The molecule has 0 radical (unpaired) electrons. The number of imidazole rings is 1. The molecule has 2 aliphatic heterocycles. The molecule has 5 rings (SSSR count). The van der Waals surface area contributed by atoms with Crippen LogP contribution in [0.15, 0.2) is 41.8 Å². The van der Waals surface area contributed by atoms with E-state index in [0.717, 1.165) is 25.3 Å². The van der Waals surface area contributed by atoms with Gasteiger partial charge in [-0.15, -0.1) is 0 Å². The summed E-state index contributed by atoms with van der Waals surface area (Å²) in [5.74, 6) is 2.15. The van der Waals surface area contributed by atoms with Gasteiger partial charge in [-0.1, -0.05) is 12.1 Å². The van der Waals surface area contributed by atoms with Crippen LogP contribution in [-0.4, -0.2) is 62.1 Å². The Morgan fingerprint density at radius 1 is 1.18 bits per heavy atom. The summed E-state index contributed by atoms with van der Waals surface area (Å²) in [6.45, 7) is 4.13. The molecular weight excluding hydrogens is 433 g/mol. The molecule has 0 saturated carbocycles. The zero-order valence-electron chi connectivity index (χ0n) is 18.0. The van der Waals surface area contributed by atoms with Gasteiger partial charge in [-0.2, -0.15) is 13.2 Å². The highest BCUT2D eigenvalue weighted by Gasteiger charge is 2.36. The number of fused-ring (bicyclic) bond motifs is 1. The Labute approximate surface area is 188 Å². The van der Waals surface area contributed by atoms with Gasteiger partial charge in [-0.05, 0) is 25.5 Å². The third kappa shape index (κ3) is 4.14. The zero-order valence-corrected chi connectivity index (χ0v) is 18.0. The first-order valence-electron chi connectivity index (χ1n) is 10.9. The molecule has 5 heterocycles. The number of aryl methyl sites for hydroxylation is 1. The van der Waals surface area contributed by atoms with Gasteiger partial charge in [0.25, 0.3) is 0 Å². The minimum absolute atomic E-state index is 0.0595. The molecule has 0 spiro atoms. The maximum absolute atomic E-state index is 13.0. The third-order valence-electron chi connectivity index (χ3n) is 5.95. The maximum atomic E-state index is 13.0. The van der Waals surface area contributed by atoms with E-state index in [9.17, 15) is 13.2 Å². The van der Waals surface area contributed by atoms with Gasteiger partial charge in [0.1, 0.15) is 23.7 Å². The Morgan fingerprint density at radius 3 is 2.76 bits per heavy atom. The van der Waals surface area contributed by atoms with Crippen molar-refractivity contribution in [2.24, 2.45) is 4.99 Å². The quantitative estimate of drug-likeness (QED) is 0.630. The van der Waals surface area contributed by atoms with Crippen LogP contribution in [0.4, 0.5) is 24.8 Å². The SMILES string of the molecule is CCn1c(C2=CCC(C(F)(F)F)=NC2)nc2c(NC3CCN(c4ccccn4)C3)ncnc21. The standard InChI is InChI=1S/C22H23F3N8/c1-2-33-20(14-6-7-16(27-11-14)22(23,24)25)31-18-19(28-13-29-21(18)33)30-15-8-10-32(12-15)17-5-3-4-9-26-17/h3-6,9,13,15H,2,7-8,10-12H2,1H3,(H,28,29,30). The summed E-state index contributed by atoms with van der Waals surface area (Å²) in [5, 5.41) is 3.49. The molecule has 0 bridgehead atoms. The van der Waals surface area contributed by atoms with Gasteiger partial charge in [-0.25, -0.2) is 19.9 Å². The van der Waals surface area contributed by atoms with Crippen LogP contribution in [0.25, 0.3) is 16.7 Å². The number of allylic oxidation sites excluding steroid dienone is 1. The van der Waals surface area contributed by atoms with Crippen molar-refractivity contribution in [2.75, 3.05) is 29.9 Å². The number of rotatable bonds is 5. The number of pyridine rings is 1. The lowest BCUT2D eigenvalue weighted by Gasteiger charge is -2.18. The number of aromatic nitrogens is 5. The number of aliphatic imine (C=N–C) groups is 1. The van der Waals surface area contributed by atoms with Gasteiger partial charge in [-0.3, -0.25) is 4.99 Å². The number of anilines is 2. The number of hydrogen-bond donors (Lipinski definition) is 1. The largest absolute Gasteiger partial charge is 0.429 e. The van der Waals surface area contributed by atoms with Crippen LogP contribution in [0.2, 0.25) is 0 Å². The lowest BCUT2D eigenvalue weighted by atomic mass is 10.1. The van der Waals surface area contributed by atoms with Gasteiger partial charge in [0.05, 0.1) is 6.54 Å². The Morgan fingerprint density at radius 2 is 2.06 bits per heavy atom. The fourth-order valence-electron chi connectivity index (χ4n) is 4.30. The Bertz CT molecular complexity index is 1220. The van der Waals surface area contributed by atoms with Gasteiger partial charge >= 0.3 is 6.18 Å². The molecule has 0 aliphatic carbocycles. The van der Waals surface area contributed by atoms with Crippen LogP contribution >= 0.6 is 0 Å². The summed E-state index contributed by atoms with van der Waals surface area (Å²) >= 11 is 0. The van der Waals surface area contributed by atoms with Crippen molar-refractivity contribution in [3.8, 4) is 0 Å². The number of dihydropyridines is 1. The molecule has 2 aliphatic rings. The van der Waals surface area contributed by atoms with Crippen LogP contribution in [0.1, 0.15) is 25.6 Å². The number of nitrogens with zero attached hydrogens (tertiary/aromatic N) is 7. The summed E-state index contributed by atoms with van der Waals surface area (Å²) in [4.78, 5) is 24.0. The summed E-state index contributed by atoms with van der Waals surface area (Å²) in [5.41, 5.74) is 1.16. The minimum Gasteiger partial charge on any atom is -0.364 e. The van der Waals surface area contributed by atoms with E-state index in [4.69, 9.17) is 4.98 Å². The number of alkyl halides is 3. The first-order valence-corrected chi connectivity index (χ1v) is 10.9. The summed E-state index contributed by atoms with van der Waals surface area (Å²) in [6.07, 6.45) is 1.09. The van der Waals surface area contributed by atoms with E-state index in [2.05, 4.69) is 30.2 Å². The van der Waals surface area contributed by atoms with Gasteiger partial charge in [0.15, 0.2) is 17.0 Å². The summed E-state index contributed by atoms with van der Waals surface area (Å²) < 4.78 is 40.8. The van der Waals surface area contributed by atoms with E-state index in [1.54, 1.807) is 12.3 Å². The summed E-state index contributed by atoms with van der Waals surface area (Å²) in [6, 6.07) is 6.02. The molecule has 0 amide bonds. The third-order valence-corrected chi connectivity index (χ3v) is 5.95. The second-order valence-electron chi connectivity index (χ2n) is 8.03. The van der Waals surface area contributed by atoms with Crippen molar-refractivity contribution in [1.82, 2.24) is 24.5 Å². The number of halogens is 3. The molecule has 1 atom stereocenters. The molecule has 1 N–H and O–H groups in total. The van der Waals surface area contributed by atoms with Crippen molar-refractivity contribution in [3.63, 3.8) is 0 Å². The van der Waals surface area contributed by atoms with E-state index in [1.165, 1.54) is 6.33 Å². The molecule has 3 aromatic heterocycles. The Hall–Kier alpha value is -3.50. The van der Waals surface area contributed by atoms with Gasteiger partial charge < -0.3 is 14.8 Å². The molecule has 11 heteroatoms. The highest BCUT2D eigenvalue weighted by molar-refractivity contribution is 5.95. The van der Waals surface area contributed by atoms with Crippen LogP contribution in [0.3, 0.4) is 0 Å². The lowest BCUT2D eigenvalue weighted by molar-refractivity contribution is -0.0602.